The van der Waals surface area contributed by atoms with Crippen LogP contribution in [0.15, 0.2) is 12.3 Å². The Bertz CT molecular complexity index is 441. The van der Waals surface area contributed by atoms with E-state index in [-0.39, 0.29) is 5.54 Å². The van der Waals surface area contributed by atoms with E-state index >= 15 is 0 Å². The van der Waals surface area contributed by atoms with Gasteiger partial charge >= 0.3 is 0 Å². The molecule has 0 radical (unpaired) electrons. The molecule has 2 aliphatic rings. The molecule has 0 bridgehead atoms. The summed E-state index contributed by atoms with van der Waals surface area (Å²) in [7, 11) is 0. The van der Waals surface area contributed by atoms with Crippen molar-refractivity contribution in [3.8, 4) is 0 Å². The van der Waals surface area contributed by atoms with Crippen molar-refractivity contribution in [3.63, 3.8) is 0 Å². The predicted molar refractivity (Wildman–Crippen MR) is 65.4 cm³/mol. The zero-order chi connectivity index (χ0) is 11.9. The molecule has 2 heterocycles. The Labute approximate surface area is 102 Å². The normalized spacial score (nSPS) is 23.5. The third-order valence-corrected chi connectivity index (χ3v) is 4.26. The molecule has 1 aromatic rings. The lowest BCUT2D eigenvalue weighted by atomic mass is 9.90. The van der Waals surface area contributed by atoms with Gasteiger partial charge in [0.05, 0.1) is 0 Å². The largest absolute Gasteiger partial charge is 0.381 e. The van der Waals surface area contributed by atoms with E-state index in [1.54, 1.807) is 0 Å². The number of ether oxygens (including phenoxy) is 1. The maximum atomic E-state index is 11.8. The van der Waals surface area contributed by atoms with Crippen LogP contribution in [0.4, 0.5) is 0 Å². The van der Waals surface area contributed by atoms with Gasteiger partial charge in [0.25, 0.3) is 0 Å². The van der Waals surface area contributed by atoms with Crippen molar-refractivity contribution in [3.05, 3.63) is 23.5 Å². The summed E-state index contributed by atoms with van der Waals surface area (Å²) in [5, 5.41) is 0. The number of carbonyl (C=O) groups is 1. The second kappa shape index (κ2) is 3.98. The molecule has 0 unspecified atom stereocenters. The highest BCUT2D eigenvalue weighted by molar-refractivity contribution is 5.98. The molecule has 17 heavy (non-hydrogen) atoms. The van der Waals surface area contributed by atoms with E-state index in [0.29, 0.717) is 5.78 Å². The van der Waals surface area contributed by atoms with Crippen LogP contribution >= 0.6 is 0 Å². The Balaban J connectivity index is 2.00. The first-order chi connectivity index (χ1) is 8.21. The molecule has 1 aromatic heterocycles. The lowest BCUT2D eigenvalue weighted by Gasteiger charge is -2.37. The number of Topliss-reactive ketones (excluding diaryl/α,β-unsaturated/α-hetero) is 1. The molecule has 92 valence electrons. The molecule has 0 saturated carbocycles. The van der Waals surface area contributed by atoms with Gasteiger partial charge in [-0.3, -0.25) is 4.79 Å². The number of aromatic nitrogens is 1. The van der Waals surface area contributed by atoms with Gasteiger partial charge in [0.2, 0.25) is 0 Å². The van der Waals surface area contributed by atoms with Crippen molar-refractivity contribution < 1.29 is 9.53 Å². The van der Waals surface area contributed by atoms with Gasteiger partial charge in [0, 0.05) is 42.6 Å². The number of fused-ring (bicyclic) bond motifs is 1. The van der Waals surface area contributed by atoms with Crippen LogP contribution < -0.4 is 0 Å². The van der Waals surface area contributed by atoms with Crippen molar-refractivity contribution in [2.45, 2.75) is 44.6 Å². The highest BCUT2D eigenvalue weighted by atomic mass is 16.5. The van der Waals surface area contributed by atoms with Crippen LogP contribution in [0.25, 0.3) is 0 Å². The quantitative estimate of drug-likeness (QED) is 0.746. The summed E-state index contributed by atoms with van der Waals surface area (Å²) in [6.45, 7) is 3.95. The van der Waals surface area contributed by atoms with E-state index in [0.717, 1.165) is 50.9 Å². The number of hydrogen-bond acceptors (Lipinski definition) is 2. The smallest absolute Gasteiger partial charge is 0.164 e. The molecule has 0 N–H and O–H groups in total. The minimum absolute atomic E-state index is 0.142. The van der Waals surface area contributed by atoms with E-state index in [1.807, 2.05) is 6.07 Å². The lowest BCUT2D eigenvalue weighted by molar-refractivity contribution is 0.0284. The molecule has 3 rings (SSSR count). The molecule has 0 amide bonds. The third-order valence-electron chi connectivity index (χ3n) is 4.26. The van der Waals surface area contributed by atoms with E-state index < -0.39 is 0 Å². The van der Waals surface area contributed by atoms with Crippen LogP contribution in [0.5, 0.6) is 0 Å². The summed E-state index contributed by atoms with van der Waals surface area (Å²) in [6, 6.07) is 2.01. The molecule has 1 fully saturated rings. The maximum absolute atomic E-state index is 11.8. The van der Waals surface area contributed by atoms with E-state index in [2.05, 4.69) is 17.7 Å². The van der Waals surface area contributed by atoms with Crippen molar-refractivity contribution >= 4 is 5.78 Å². The summed E-state index contributed by atoms with van der Waals surface area (Å²) in [4.78, 5) is 11.8. The van der Waals surface area contributed by atoms with Crippen molar-refractivity contribution in [1.29, 1.82) is 0 Å². The fourth-order valence-corrected chi connectivity index (χ4v) is 3.08. The first-order valence-corrected chi connectivity index (χ1v) is 6.52. The standard InChI is InChI=1S/C14H19NO2/c1-14(6-9-17-10-7-14)15-8-5-11-12(15)3-2-4-13(11)16/h5,8H,2-4,6-7,9-10H2,1H3. The van der Waals surface area contributed by atoms with Gasteiger partial charge in [-0.05, 0) is 38.7 Å². The lowest BCUT2D eigenvalue weighted by Crippen LogP contribution is -2.37. The van der Waals surface area contributed by atoms with Crippen molar-refractivity contribution in [1.82, 2.24) is 4.57 Å². The average molecular weight is 233 g/mol. The molecule has 0 spiro atoms. The number of nitrogens with zero attached hydrogens (tertiary/aromatic N) is 1. The topological polar surface area (TPSA) is 31.2 Å². The number of rotatable bonds is 1. The number of hydrogen-bond donors (Lipinski definition) is 0. The molecular weight excluding hydrogens is 214 g/mol. The molecular formula is C14H19NO2. The summed E-state index contributed by atoms with van der Waals surface area (Å²) >= 11 is 0. The van der Waals surface area contributed by atoms with Crippen molar-refractivity contribution in [2.24, 2.45) is 0 Å². The van der Waals surface area contributed by atoms with E-state index in [9.17, 15) is 4.79 Å². The first kappa shape index (κ1) is 11.0. The molecule has 1 saturated heterocycles. The van der Waals surface area contributed by atoms with Gasteiger partial charge in [0.15, 0.2) is 5.78 Å². The molecule has 0 aromatic carbocycles. The first-order valence-electron chi connectivity index (χ1n) is 6.52. The summed E-state index contributed by atoms with van der Waals surface area (Å²) in [6.07, 6.45) is 6.97. The van der Waals surface area contributed by atoms with Crippen LogP contribution in [0.3, 0.4) is 0 Å². The average Bonchev–Trinajstić information content (AvgIpc) is 2.76. The molecule has 3 heteroatoms. The van der Waals surface area contributed by atoms with Crippen LogP contribution in [-0.4, -0.2) is 23.6 Å². The minimum Gasteiger partial charge on any atom is -0.381 e. The Hall–Kier alpha value is -1.09. The Morgan fingerprint density at radius 2 is 2.06 bits per heavy atom. The molecule has 1 aliphatic heterocycles. The van der Waals surface area contributed by atoms with Crippen LogP contribution in [0, 0.1) is 0 Å². The highest BCUT2D eigenvalue weighted by Gasteiger charge is 2.33. The predicted octanol–water partition coefficient (Wildman–Crippen LogP) is 2.53. The Morgan fingerprint density at radius 1 is 1.29 bits per heavy atom. The van der Waals surface area contributed by atoms with Gasteiger partial charge in [-0.1, -0.05) is 0 Å². The van der Waals surface area contributed by atoms with E-state index in [1.165, 1.54) is 5.69 Å². The van der Waals surface area contributed by atoms with Gasteiger partial charge < -0.3 is 9.30 Å². The summed E-state index contributed by atoms with van der Waals surface area (Å²) in [5.41, 5.74) is 2.36. The fraction of sp³-hybridized carbons (Fsp3) is 0.643. The molecule has 3 nitrogen and oxygen atoms in total. The second-order valence-corrected chi connectivity index (χ2v) is 5.43. The minimum atomic E-state index is 0.142. The summed E-state index contributed by atoms with van der Waals surface area (Å²) < 4.78 is 7.80. The zero-order valence-electron chi connectivity index (χ0n) is 10.4. The van der Waals surface area contributed by atoms with Crippen LogP contribution in [0.2, 0.25) is 0 Å². The van der Waals surface area contributed by atoms with Gasteiger partial charge in [-0.25, -0.2) is 0 Å². The molecule has 1 aliphatic carbocycles. The van der Waals surface area contributed by atoms with Crippen LogP contribution in [-0.2, 0) is 16.7 Å². The molecule has 0 atom stereocenters. The number of ketones is 1. The fourth-order valence-electron chi connectivity index (χ4n) is 3.08. The Morgan fingerprint density at radius 3 is 2.82 bits per heavy atom. The van der Waals surface area contributed by atoms with Gasteiger partial charge in [-0.2, -0.15) is 0 Å². The van der Waals surface area contributed by atoms with E-state index in [4.69, 9.17) is 4.74 Å². The second-order valence-electron chi connectivity index (χ2n) is 5.43. The number of carbonyl (C=O) groups excluding carboxylic acids is 1. The highest BCUT2D eigenvalue weighted by Crippen LogP contribution is 2.34. The summed E-state index contributed by atoms with van der Waals surface area (Å²) in [5.74, 6) is 0.320. The van der Waals surface area contributed by atoms with Gasteiger partial charge in [-0.15, -0.1) is 0 Å². The van der Waals surface area contributed by atoms with Crippen molar-refractivity contribution in [2.75, 3.05) is 13.2 Å². The Kier molecular flexibility index (Phi) is 2.58. The van der Waals surface area contributed by atoms with Crippen LogP contribution in [0.1, 0.15) is 48.7 Å². The SMILES string of the molecule is CC1(n2ccc3c2CCCC3=O)CCOCC1. The van der Waals surface area contributed by atoms with Gasteiger partial charge in [0.1, 0.15) is 0 Å². The maximum Gasteiger partial charge on any atom is 0.164 e. The third kappa shape index (κ3) is 1.73. The zero-order valence-corrected chi connectivity index (χ0v) is 10.4. The monoisotopic (exact) mass is 233 g/mol.